The van der Waals surface area contributed by atoms with Crippen LogP contribution in [0.15, 0.2) is 52.4 Å². The molecule has 0 saturated heterocycles. The monoisotopic (exact) mass is 285 g/mol. The van der Waals surface area contributed by atoms with Crippen LogP contribution in [0.4, 0.5) is 0 Å². The molecule has 0 saturated carbocycles. The number of fused-ring (bicyclic) bond motifs is 1. The van der Waals surface area contributed by atoms with Crippen LogP contribution in [-0.4, -0.2) is 27.4 Å². The van der Waals surface area contributed by atoms with Gasteiger partial charge < -0.3 is 0 Å². The second kappa shape index (κ2) is 4.87. The van der Waals surface area contributed by atoms with Gasteiger partial charge >= 0.3 is 0 Å². The van der Waals surface area contributed by atoms with E-state index in [0.29, 0.717) is 4.90 Å². The molecular weight excluding hydrogens is 270 g/mol. The van der Waals surface area contributed by atoms with Gasteiger partial charge in [-0.1, -0.05) is 30.3 Å². The van der Waals surface area contributed by atoms with Gasteiger partial charge in [0.15, 0.2) is 9.84 Å². The van der Waals surface area contributed by atoms with Crippen molar-refractivity contribution in [3.05, 3.63) is 53.6 Å². The molecule has 3 nitrogen and oxygen atoms in total. The van der Waals surface area contributed by atoms with Gasteiger partial charge in [0.25, 0.3) is 0 Å². The summed E-state index contributed by atoms with van der Waals surface area (Å²) >= 11 is 0. The number of hydrogen-bond acceptors (Lipinski definition) is 3. The summed E-state index contributed by atoms with van der Waals surface area (Å²) in [6.45, 7) is 0.819. The first-order chi connectivity index (χ1) is 9.54. The summed E-state index contributed by atoms with van der Waals surface area (Å²) in [5.74, 6) is 0. The average molecular weight is 285 g/mol. The lowest BCUT2D eigenvalue weighted by molar-refractivity contribution is 0.602. The van der Waals surface area contributed by atoms with Crippen molar-refractivity contribution in [2.45, 2.75) is 11.3 Å². The predicted molar refractivity (Wildman–Crippen MR) is 81.2 cm³/mol. The van der Waals surface area contributed by atoms with E-state index in [1.165, 1.54) is 11.8 Å². The van der Waals surface area contributed by atoms with E-state index >= 15 is 0 Å². The SMILES string of the molecule is CS(=O)(=O)c1cccc(-c2ccc3c(c2)CCN=C3)c1. The highest BCUT2D eigenvalue weighted by molar-refractivity contribution is 7.90. The molecule has 0 fully saturated rings. The number of nitrogens with zero attached hydrogens (tertiary/aromatic N) is 1. The van der Waals surface area contributed by atoms with Gasteiger partial charge in [-0.05, 0) is 40.8 Å². The molecule has 20 heavy (non-hydrogen) atoms. The molecule has 0 spiro atoms. The third-order valence-corrected chi connectivity index (χ3v) is 4.59. The Morgan fingerprint density at radius 2 is 1.85 bits per heavy atom. The highest BCUT2D eigenvalue weighted by Gasteiger charge is 2.10. The van der Waals surface area contributed by atoms with Crippen molar-refractivity contribution in [2.75, 3.05) is 12.8 Å². The Morgan fingerprint density at radius 3 is 2.65 bits per heavy atom. The summed E-state index contributed by atoms with van der Waals surface area (Å²) in [5, 5.41) is 0. The van der Waals surface area contributed by atoms with Gasteiger partial charge in [0, 0.05) is 19.0 Å². The summed E-state index contributed by atoms with van der Waals surface area (Å²) in [5.41, 5.74) is 4.39. The minimum absolute atomic E-state index is 0.356. The zero-order valence-electron chi connectivity index (χ0n) is 11.2. The Balaban J connectivity index is 2.08. The quantitative estimate of drug-likeness (QED) is 0.851. The molecular formula is C16H15NO2S. The van der Waals surface area contributed by atoms with E-state index in [0.717, 1.165) is 29.7 Å². The van der Waals surface area contributed by atoms with Crippen molar-refractivity contribution >= 4 is 16.1 Å². The van der Waals surface area contributed by atoms with Gasteiger partial charge in [-0.15, -0.1) is 0 Å². The van der Waals surface area contributed by atoms with E-state index in [9.17, 15) is 8.42 Å². The fourth-order valence-electron chi connectivity index (χ4n) is 2.38. The van der Waals surface area contributed by atoms with Crippen LogP contribution >= 0.6 is 0 Å². The number of rotatable bonds is 2. The maximum absolute atomic E-state index is 11.6. The topological polar surface area (TPSA) is 46.5 Å². The molecule has 0 bridgehead atoms. The van der Waals surface area contributed by atoms with Crippen LogP contribution in [0, 0.1) is 0 Å². The molecule has 3 rings (SSSR count). The molecule has 0 aromatic heterocycles. The molecule has 0 aliphatic carbocycles. The van der Waals surface area contributed by atoms with Crippen molar-refractivity contribution in [3.63, 3.8) is 0 Å². The maximum atomic E-state index is 11.6. The second-order valence-electron chi connectivity index (χ2n) is 5.00. The Morgan fingerprint density at radius 1 is 1.05 bits per heavy atom. The highest BCUT2D eigenvalue weighted by atomic mass is 32.2. The van der Waals surface area contributed by atoms with E-state index in [1.54, 1.807) is 18.2 Å². The van der Waals surface area contributed by atoms with E-state index in [1.807, 2.05) is 24.4 Å². The van der Waals surface area contributed by atoms with E-state index < -0.39 is 9.84 Å². The fourth-order valence-corrected chi connectivity index (χ4v) is 3.05. The third-order valence-electron chi connectivity index (χ3n) is 3.48. The molecule has 4 heteroatoms. The Hall–Kier alpha value is -1.94. The Bertz CT molecular complexity index is 792. The Labute approximate surface area is 118 Å². The van der Waals surface area contributed by atoms with Gasteiger partial charge in [0.1, 0.15) is 0 Å². The van der Waals surface area contributed by atoms with Crippen LogP contribution in [0.1, 0.15) is 11.1 Å². The lowest BCUT2D eigenvalue weighted by Crippen LogP contribution is -2.03. The smallest absolute Gasteiger partial charge is 0.175 e. The van der Waals surface area contributed by atoms with Crippen LogP contribution < -0.4 is 0 Å². The predicted octanol–water partition coefficient (Wildman–Crippen LogP) is 2.73. The van der Waals surface area contributed by atoms with Crippen LogP contribution in [0.5, 0.6) is 0 Å². The van der Waals surface area contributed by atoms with Crippen molar-refractivity contribution in [1.82, 2.24) is 0 Å². The molecule has 0 unspecified atom stereocenters. The zero-order valence-corrected chi connectivity index (χ0v) is 12.0. The van der Waals surface area contributed by atoms with Crippen molar-refractivity contribution in [3.8, 4) is 11.1 Å². The molecule has 102 valence electrons. The lowest BCUT2D eigenvalue weighted by atomic mass is 9.97. The van der Waals surface area contributed by atoms with Gasteiger partial charge in [-0.3, -0.25) is 4.99 Å². The largest absolute Gasteiger partial charge is 0.292 e. The first kappa shape index (κ1) is 13.1. The fraction of sp³-hybridized carbons (Fsp3) is 0.188. The summed E-state index contributed by atoms with van der Waals surface area (Å²) in [6, 6.07) is 13.3. The number of benzene rings is 2. The van der Waals surface area contributed by atoms with E-state index in [2.05, 4.69) is 11.1 Å². The van der Waals surface area contributed by atoms with Crippen LogP contribution in [0.2, 0.25) is 0 Å². The number of hydrogen-bond donors (Lipinski definition) is 0. The van der Waals surface area contributed by atoms with Crippen molar-refractivity contribution in [1.29, 1.82) is 0 Å². The average Bonchev–Trinajstić information content (AvgIpc) is 2.46. The summed E-state index contributed by atoms with van der Waals surface area (Å²) in [7, 11) is -3.17. The maximum Gasteiger partial charge on any atom is 0.175 e. The molecule has 0 atom stereocenters. The molecule has 2 aromatic carbocycles. The standard InChI is InChI=1S/C16H15NO2S/c1-20(18,19)16-4-2-3-12(10-16)13-5-6-15-11-17-8-7-14(15)9-13/h2-6,9-11H,7-8H2,1H3. The van der Waals surface area contributed by atoms with Crippen molar-refractivity contribution in [2.24, 2.45) is 4.99 Å². The number of aliphatic imine (C=N–C) groups is 1. The van der Waals surface area contributed by atoms with Crippen LogP contribution in [0.25, 0.3) is 11.1 Å². The van der Waals surface area contributed by atoms with Crippen LogP contribution in [0.3, 0.4) is 0 Å². The molecule has 0 radical (unpaired) electrons. The molecule has 1 aliphatic heterocycles. The molecule has 0 N–H and O–H groups in total. The first-order valence-electron chi connectivity index (χ1n) is 6.47. The van der Waals surface area contributed by atoms with Gasteiger partial charge in [0.05, 0.1) is 4.90 Å². The molecule has 1 heterocycles. The zero-order chi connectivity index (χ0) is 14.2. The minimum atomic E-state index is -3.17. The summed E-state index contributed by atoms with van der Waals surface area (Å²) in [6.07, 6.45) is 4.07. The lowest BCUT2D eigenvalue weighted by Gasteiger charge is -2.12. The molecule has 1 aliphatic rings. The molecule has 0 amide bonds. The third kappa shape index (κ3) is 2.51. The van der Waals surface area contributed by atoms with Gasteiger partial charge in [0.2, 0.25) is 0 Å². The van der Waals surface area contributed by atoms with Crippen molar-refractivity contribution < 1.29 is 8.42 Å². The summed E-state index contributed by atoms with van der Waals surface area (Å²) < 4.78 is 23.3. The first-order valence-corrected chi connectivity index (χ1v) is 8.36. The second-order valence-corrected chi connectivity index (χ2v) is 7.01. The summed E-state index contributed by atoms with van der Waals surface area (Å²) in [4.78, 5) is 4.62. The number of sulfone groups is 1. The van der Waals surface area contributed by atoms with Gasteiger partial charge in [-0.2, -0.15) is 0 Å². The van der Waals surface area contributed by atoms with E-state index in [-0.39, 0.29) is 0 Å². The normalized spacial score (nSPS) is 14.1. The van der Waals surface area contributed by atoms with Gasteiger partial charge in [-0.25, -0.2) is 8.42 Å². The minimum Gasteiger partial charge on any atom is -0.292 e. The van der Waals surface area contributed by atoms with Crippen LogP contribution in [-0.2, 0) is 16.3 Å². The molecule has 2 aromatic rings. The van der Waals surface area contributed by atoms with E-state index in [4.69, 9.17) is 0 Å². The highest BCUT2D eigenvalue weighted by Crippen LogP contribution is 2.25. The Kier molecular flexibility index (Phi) is 3.18.